The molecule has 0 N–H and O–H groups in total. The Morgan fingerprint density at radius 2 is 2.21 bits per heavy atom. The molecular weight excluding hydrogens is 194 g/mol. The molecule has 3 heteroatoms. The SMILES string of the molecule is CC1CSC(=NCc2ccccc2)O1. The number of ether oxygens (including phenoxy) is 1. The van der Waals surface area contributed by atoms with Gasteiger partial charge in [-0.25, -0.2) is 4.99 Å². The van der Waals surface area contributed by atoms with Crippen LogP contribution in [0.5, 0.6) is 0 Å². The van der Waals surface area contributed by atoms with Crippen LogP contribution >= 0.6 is 11.8 Å². The van der Waals surface area contributed by atoms with E-state index in [0.717, 1.165) is 17.5 Å². The molecule has 1 aromatic rings. The van der Waals surface area contributed by atoms with Crippen molar-refractivity contribution >= 4 is 17.0 Å². The Hall–Kier alpha value is -0.960. The van der Waals surface area contributed by atoms with Crippen LogP contribution in [0.15, 0.2) is 35.3 Å². The number of benzene rings is 1. The van der Waals surface area contributed by atoms with Gasteiger partial charge in [0, 0.05) is 5.75 Å². The van der Waals surface area contributed by atoms with Crippen LogP contribution in [0.25, 0.3) is 0 Å². The summed E-state index contributed by atoms with van der Waals surface area (Å²) < 4.78 is 5.50. The Morgan fingerprint density at radius 3 is 2.86 bits per heavy atom. The molecule has 0 aromatic heterocycles. The fourth-order valence-electron chi connectivity index (χ4n) is 1.25. The highest BCUT2D eigenvalue weighted by Crippen LogP contribution is 2.20. The van der Waals surface area contributed by atoms with Crippen LogP contribution in [0.4, 0.5) is 0 Å². The summed E-state index contributed by atoms with van der Waals surface area (Å²) in [6.45, 7) is 2.79. The van der Waals surface area contributed by atoms with Gasteiger partial charge in [0.2, 0.25) is 5.23 Å². The number of hydrogen-bond acceptors (Lipinski definition) is 3. The van der Waals surface area contributed by atoms with Gasteiger partial charge < -0.3 is 4.74 Å². The van der Waals surface area contributed by atoms with Crippen LogP contribution in [0.1, 0.15) is 12.5 Å². The van der Waals surface area contributed by atoms with Crippen molar-refractivity contribution in [3.05, 3.63) is 35.9 Å². The summed E-state index contributed by atoms with van der Waals surface area (Å²) >= 11 is 1.70. The quantitative estimate of drug-likeness (QED) is 0.743. The molecule has 0 amide bonds. The minimum atomic E-state index is 0.314. The molecule has 1 unspecified atom stereocenters. The second kappa shape index (κ2) is 4.51. The Labute approximate surface area is 88.4 Å². The lowest BCUT2D eigenvalue weighted by atomic mass is 10.2. The summed E-state index contributed by atoms with van der Waals surface area (Å²) in [6, 6.07) is 10.2. The van der Waals surface area contributed by atoms with E-state index in [9.17, 15) is 0 Å². The second-order valence-corrected chi connectivity index (χ2v) is 4.28. The molecule has 14 heavy (non-hydrogen) atoms. The Balaban J connectivity index is 1.94. The number of aliphatic imine (C=N–C) groups is 1. The summed E-state index contributed by atoms with van der Waals surface area (Å²) in [4.78, 5) is 4.40. The fraction of sp³-hybridized carbons (Fsp3) is 0.364. The maximum Gasteiger partial charge on any atom is 0.246 e. The first-order valence-corrected chi connectivity index (χ1v) is 5.71. The lowest BCUT2D eigenvalue weighted by Gasteiger charge is -2.00. The smallest absolute Gasteiger partial charge is 0.246 e. The maximum absolute atomic E-state index is 5.50. The summed E-state index contributed by atoms with van der Waals surface area (Å²) in [5.41, 5.74) is 1.23. The second-order valence-electron chi connectivity index (χ2n) is 3.31. The first kappa shape index (κ1) is 9.59. The van der Waals surface area contributed by atoms with Gasteiger partial charge in [-0.05, 0) is 12.5 Å². The Kier molecular flexibility index (Phi) is 3.09. The average molecular weight is 207 g/mol. The molecule has 74 valence electrons. The predicted molar refractivity (Wildman–Crippen MR) is 60.6 cm³/mol. The van der Waals surface area contributed by atoms with Crippen LogP contribution in [0.3, 0.4) is 0 Å². The van der Waals surface area contributed by atoms with E-state index in [1.54, 1.807) is 11.8 Å². The van der Waals surface area contributed by atoms with Gasteiger partial charge >= 0.3 is 0 Å². The van der Waals surface area contributed by atoms with E-state index in [2.05, 4.69) is 24.0 Å². The monoisotopic (exact) mass is 207 g/mol. The molecule has 1 aliphatic heterocycles. The highest BCUT2D eigenvalue weighted by atomic mass is 32.2. The molecule has 1 atom stereocenters. The summed E-state index contributed by atoms with van der Waals surface area (Å²) in [6.07, 6.45) is 0.314. The number of rotatable bonds is 2. The van der Waals surface area contributed by atoms with Crippen molar-refractivity contribution in [2.24, 2.45) is 4.99 Å². The van der Waals surface area contributed by atoms with Crippen LogP contribution in [-0.4, -0.2) is 17.1 Å². The normalized spacial score (nSPS) is 23.8. The van der Waals surface area contributed by atoms with Crippen LogP contribution in [-0.2, 0) is 11.3 Å². The highest BCUT2D eigenvalue weighted by Gasteiger charge is 2.17. The van der Waals surface area contributed by atoms with E-state index >= 15 is 0 Å². The maximum atomic E-state index is 5.50. The summed E-state index contributed by atoms with van der Waals surface area (Å²) in [5.74, 6) is 1.02. The molecule has 1 aliphatic rings. The van der Waals surface area contributed by atoms with Crippen molar-refractivity contribution in [3.8, 4) is 0 Å². The first-order valence-electron chi connectivity index (χ1n) is 4.72. The molecule has 2 rings (SSSR count). The molecule has 1 fully saturated rings. The molecule has 2 nitrogen and oxygen atoms in total. The summed E-state index contributed by atoms with van der Waals surface area (Å²) in [7, 11) is 0. The topological polar surface area (TPSA) is 21.6 Å². The van der Waals surface area contributed by atoms with Crippen LogP contribution in [0, 0.1) is 0 Å². The van der Waals surface area contributed by atoms with E-state index < -0.39 is 0 Å². The largest absolute Gasteiger partial charge is 0.469 e. The molecule has 1 aromatic carbocycles. The minimum Gasteiger partial charge on any atom is -0.469 e. The van der Waals surface area contributed by atoms with Crippen molar-refractivity contribution in [3.63, 3.8) is 0 Å². The van der Waals surface area contributed by atoms with Crippen LogP contribution < -0.4 is 0 Å². The van der Waals surface area contributed by atoms with Gasteiger partial charge in [-0.1, -0.05) is 42.1 Å². The molecule has 0 bridgehead atoms. The zero-order valence-corrected chi connectivity index (χ0v) is 8.96. The van der Waals surface area contributed by atoms with Gasteiger partial charge in [-0.2, -0.15) is 0 Å². The third-order valence-corrected chi connectivity index (χ3v) is 3.09. The molecular formula is C11H13NOS. The van der Waals surface area contributed by atoms with E-state index in [0.29, 0.717) is 6.10 Å². The van der Waals surface area contributed by atoms with Gasteiger partial charge in [0.05, 0.1) is 6.54 Å². The molecule has 1 heterocycles. The lowest BCUT2D eigenvalue weighted by Crippen LogP contribution is -2.02. The van der Waals surface area contributed by atoms with Crippen molar-refractivity contribution in [1.29, 1.82) is 0 Å². The van der Waals surface area contributed by atoms with Gasteiger partial charge in [-0.3, -0.25) is 0 Å². The first-order chi connectivity index (χ1) is 6.84. The third-order valence-electron chi connectivity index (χ3n) is 1.98. The van der Waals surface area contributed by atoms with Gasteiger partial charge in [-0.15, -0.1) is 0 Å². The number of thioether (sulfide) groups is 1. The van der Waals surface area contributed by atoms with Crippen molar-refractivity contribution in [2.45, 2.75) is 19.6 Å². The van der Waals surface area contributed by atoms with Gasteiger partial charge in [0.15, 0.2) is 0 Å². The molecule has 1 saturated heterocycles. The van der Waals surface area contributed by atoms with Crippen molar-refractivity contribution in [1.82, 2.24) is 0 Å². The van der Waals surface area contributed by atoms with E-state index in [1.165, 1.54) is 5.56 Å². The van der Waals surface area contributed by atoms with E-state index in [-0.39, 0.29) is 0 Å². The van der Waals surface area contributed by atoms with E-state index in [4.69, 9.17) is 4.74 Å². The number of hydrogen-bond donors (Lipinski definition) is 0. The third kappa shape index (κ3) is 2.51. The lowest BCUT2D eigenvalue weighted by molar-refractivity contribution is 0.251. The molecule has 0 saturated carbocycles. The summed E-state index contributed by atoms with van der Waals surface area (Å²) in [5, 5.41) is 0.835. The predicted octanol–water partition coefficient (Wildman–Crippen LogP) is 2.69. The van der Waals surface area contributed by atoms with E-state index in [1.807, 2.05) is 18.2 Å². The molecule has 0 spiro atoms. The van der Waals surface area contributed by atoms with Gasteiger partial charge in [0.25, 0.3) is 0 Å². The fourth-order valence-corrected chi connectivity index (χ4v) is 2.08. The number of nitrogens with zero attached hydrogens (tertiary/aromatic N) is 1. The zero-order valence-electron chi connectivity index (χ0n) is 8.14. The molecule has 0 aliphatic carbocycles. The zero-order chi connectivity index (χ0) is 9.80. The average Bonchev–Trinajstić information content (AvgIpc) is 2.63. The van der Waals surface area contributed by atoms with Gasteiger partial charge in [0.1, 0.15) is 6.10 Å². The van der Waals surface area contributed by atoms with Crippen LogP contribution in [0.2, 0.25) is 0 Å². The standard InChI is InChI=1S/C11H13NOS/c1-9-8-14-11(13-9)12-7-10-5-3-2-4-6-10/h2-6,9H,7-8H2,1H3. The van der Waals surface area contributed by atoms with Crippen molar-refractivity contribution < 1.29 is 4.74 Å². The minimum absolute atomic E-state index is 0.314. The Bertz CT molecular complexity index is 323. The molecule has 0 radical (unpaired) electrons. The Morgan fingerprint density at radius 1 is 1.43 bits per heavy atom. The van der Waals surface area contributed by atoms with Crippen molar-refractivity contribution in [2.75, 3.05) is 5.75 Å². The highest BCUT2D eigenvalue weighted by molar-refractivity contribution is 8.13.